The third kappa shape index (κ3) is 2.86. The van der Waals surface area contributed by atoms with E-state index in [2.05, 4.69) is 26.5 Å². The summed E-state index contributed by atoms with van der Waals surface area (Å²) in [5.74, 6) is 0. The van der Waals surface area contributed by atoms with Crippen molar-refractivity contribution in [1.82, 2.24) is 0 Å². The van der Waals surface area contributed by atoms with Crippen LogP contribution >= 0.6 is 22.9 Å². The monoisotopic (exact) mass is 256 g/mol. The maximum atomic E-state index is 2.91. The van der Waals surface area contributed by atoms with E-state index in [1.54, 1.807) is 0 Å². The van der Waals surface area contributed by atoms with Crippen molar-refractivity contribution in [2.75, 3.05) is 3.64 Å². The molecule has 50 valence electrons. The molecule has 1 aromatic heterocycles. The van der Waals surface area contributed by atoms with E-state index in [1.165, 1.54) is 0 Å². The summed E-state index contributed by atoms with van der Waals surface area (Å²) < 4.78 is 4.78. The number of hydrogen-bond donors (Lipinski definition) is 1. The van der Waals surface area contributed by atoms with E-state index in [9.17, 15) is 0 Å². The van der Waals surface area contributed by atoms with Gasteiger partial charge in [0.05, 0.1) is 0 Å². The van der Waals surface area contributed by atoms with Crippen LogP contribution in [0.25, 0.3) is 0 Å². The topological polar surface area (TPSA) is 15.9 Å². The van der Waals surface area contributed by atoms with Crippen LogP contribution in [0.15, 0.2) is 30.6 Å². The number of rotatable bonds is 1. The second-order valence-corrected chi connectivity index (χ2v) is 1.85. The van der Waals surface area contributed by atoms with Crippen LogP contribution in [0.3, 0.4) is 0 Å². The minimum Gasteiger partial charge on any atom is -1.00 e. The molecule has 1 heterocycles. The smallest absolute Gasteiger partial charge is 0.200 e. The van der Waals surface area contributed by atoms with Crippen molar-refractivity contribution in [2.24, 2.45) is 0 Å². The Labute approximate surface area is 74.2 Å². The number of pyridine rings is 1. The molecule has 4 heteroatoms. The maximum absolute atomic E-state index is 2.91. The Balaban J connectivity index is 0.000000640. The molecule has 2 nitrogen and oxygen atoms in total. The molecule has 0 saturated carbocycles. The second kappa shape index (κ2) is 4.81. The third-order valence-electron chi connectivity index (χ3n) is 0.813. The van der Waals surface area contributed by atoms with Gasteiger partial charge in [-0.25, -0.2) is 0 Å². The van der Waals surface area contributed by atoms with Crippen LogP contribution in [0, 0.1) is 0 Å². The molecule has 0 aliphatic heterocycles. The van der Waals surface area contributed by atoms with Crippen LogP contribution in [0.2, 0.25) is 0 Å². The van der Waals surface area contributed by atoms with Crippen LogP contribution in [-0.4, -0.2) is 0 Å². The SMILES string of the molecule is IN[n+]1ccccc1.[Cl-]. The Hall–Kier alpha value is -0.0300. The summed E-state index contributed by atoms with van der Waals surface area (Å²) in [6.07, 6.45) is 3.87. The van der Waals surface area contributed by atoms with Gasteiger partial charge in [0.15, 0.2) is 12.4 Å². The Morgan fingerprint density at radius 1 is 1.11 bits per heavy atom. The Morgan fingerprint density at radius 2 is 1.67 bits per heavy atom. The number of halogens is 2. The molecule has 0 spiro atoms. The average Bonchev–Trinajstić information content (AvgIpc) is 1.90. The first-order valence-corrected chi connectivity index (χ1v) is 3.34. The summed E-state index contributed by atoms with van der Waals surface area (Å²) in [5, 5.41) is 0. The summed E-state index contributed by atoms with van der Waals surface area (Å²) in [4.78, 5) is 0. The Kier molecular flexibility index (Phi) is 4.80. The third-order valence-corrected chi connectivity index (χ3v) is 1.37. The molecule has 0 atom stereocenters. The van der Waals surface area contributed by atoms with Gasteiger partial charge in [0.1, 0.15) is 22.9 Å². The lowest BCUT2D eigenvalue weighted by atomic mass is 10.5. The predicted molar refractivity (Wildman–Crippen MR) is 40.0 cm³/mol. The van der Waals surface area contributed by atoms with E-state index in [0.29, 0.717) is 0 Å². The molecule has 9 heavy (non-hydrogen) atoms. The highest BCUT2D eigenvalue weighted by atomic mass is 127. The molecule has 0 aromatic carbocycles. The van der Waals surface area contributed by atoms with Crippen molar-refractivity contribution in [1.29, 1.82) is 0 Å². The average molecular weight is 256 g/mol. The highest BCUT2D eigenvalue weighted by Crippen LogP contribution is 1.75. The van der Waals surface area contributed by atoms with E-state index in [0.717, 1.165) is 0 Å². The van der Waals surface area contributed by atoms with Gasteiger partial charge in [-0.05, 0) is 0 Å². The first-order valence-electron chi connectivity index (χ1n) is 2.26. The van der Waals surface area contributed by atoms with Crippen LogP contribution in [0.4, 0.5) is 0 Å². The van der Waals surface area contributed by atoms with Crippen molar-refractivity contribution < 1.29 is 17.1 Å². The quantitative estimate of drug-likeness (QED) is 0.345. The first-order chi connectivity index (χ1) is 3.93. The summed E-state index contributed by atoms with van der Waals surface area (Å²) in [7, 11) is 0. The molecular formula is C5H6ClIN2. The number of aromatic nitrogens is 1. The number of nitrogens with one attached hydrogen (secondary N) is 1. The van der Waals surface area contributed by atoms with E-state index >= 15 is 0 Å². The Morgan fingerprint density at radius 3 is 2.00 bits per heavy atom. The van der Waals surface area contributed by atoms with Crippen molar-refractivity contribution >= 4 is 22.9 Å². The highest BCUT2D eigenvalue weighted by molar-refractivity contribution is 14.1. The zero-order valence-corrected chi connectivity index (χ0v) is 7.50. The maximum Gasteiger partial charge on any atom is 0.200 e. The van der Waals surface area contributed by atoms with E-state index in [-0.39, 0.29) is 12.4 Å². The van der Waals surface area contributed by atoms with Gasteiger partial charge in [0, 0.05) is 12.1 Å². The molecule has 0 unspecified atom stereocenters. The molecule has 0 bridgehead atoms. The lowest BCUT2D eigenvalue weighted by Gasteiger charge is -1.84. The van der Waals surface area contributed by atoms with Gasteiger partial charge in [0.2, 0.25) is 0 Å². The van der Waals surface area contributed by atoms with Crippen LogP contribution < -0.4 is 20.7 Å². The van der Waals surface area contributed by atoms with Crippen molar-refractivity contribution in [3.8, 4) is 0 Å². The molecule has 0 fully saturated rings. The van der Waals surface area contributed by atoms with Gasteiger partial charge in [0.25, 0.3) is 0 Å². The lowest BCUT2D eigenvalue weighted by Crippen LogP contribution is -3.00. The molecule has 0 amide bonds. The molecule has 0 saturated heterocycles. The highest BCUT2D eigenvalue weighted by Gasteiger charge is 1.86. The molecule has 1 rings (SSSR count). The molecule has 1 aromatic rings. The van der Waals surface area contributed by atoms with Gasteiger partial charge in [-0.1, -0.05) is 10.7 Å². The van der Waals surface area contributed by atoms with E-state index in [4.69, 9.17) is 0 Å². The molecule has 0 aliphatic rings. The summed E-state index contributed by atoms with van der Waals surface area (Å²) in [5.41, 5.74) is 0. The summed E-state index contributed by atoms with van der Waals surface area (Å²) >= 11 is 2.07. The minimum atomic E-state index is 0. The summed E-state index contributed by atoms with van der Waals surface area (Å²) in [6.45, 7) is 0. The largest absolute Gasteiger partial charge is 1.00 e. The van der Waals surface area contributed by atoms with E-state index in [1.807, 2.05) is 35.3 Å². The van der Waals surface area contributed by atoms with Crippen molar-refractivity contribution in [2.45, 2.75) is 0 Å². The van der Waals surface area contributed by atoms with Gasteiger partial charge < -0.3 is 12.4 Å². The summed E-state index contributed by atoms with van der Waals surface area (Å²) in [6, 6.07) is 5.90. The van der Waals surface area contributed by atoms with Crippen molar-refractivity contribution in [3.05, 3.63) is 30.6 Å². The minimum absolute atomic E-state index is 0. The van der Waals surface area contributed by atoms with Crippen molar-refractivity contribution in [3.63, 3.8) is 0 Å². The van der Waals surface area contributed by atoms with E-state index < -0.39 is 0 Å². The van der Waals surface area contributed by atoms with Gasteiger partial charge in [-0.15, -0.1) is 3.64 Å². The fourth-order valence-corrected chi connectivity index (χ4v) is 0.777. The molecular weight excluding hydrogens is 250 g/mol. The first kappa shape index (κ1) is 8.97. The number of nitrogens with zero attached hydrogens (tertiary/aromatic N) is 1. The molecule has 1 N–H and O–H groups in total. The van der Waals surface area contributed by atoms with Gasteiger partial charge >= 0.3 is 0 Å². The fraction of sp³-hybridized carbons (Fsp3) is 0. The lowest BCUT2D eigenvalue weighted by molar-refractivity contribution is -0.631. The van der Waals surface area contributed by atoms with Gasteiger partial charge in [-0.3, -0.25) is 0 Å². The zero-order valence-electron chi connectivity index (χ0n) is 4.59. The van der Waals surface area contributed by atoms with Crippen LogP contribution in [0.1, 0.15) is 0 Å². The zero-order chi connectivity index (χ0) is 5.82. The second-order valence-electron chi connectivity index (χ2n) is 1.37. The standard InChI is InChI=1S/C5H6IN2.ClH/c6-7-8-4-2-1-3-5-8;/h1-5,7H;1H/q+1;/p-1. The molecule has 0 radical (unpaired) electrons. The fourth-order valence-electron chi connectivity index (χ4n) is 0.455. The van der Waals surface area contributed by atoms with Crippen LogP contribution in [0.5, 0.6) is 0 Å². The van der Waals surface area contributed by atoms with Gasteiger partial charge in [-0.2, -0.15) is 0 Å². The number of hydrogen-bond acceptors (Lipinski definition) is 1. The molecule has 0 aliphatic carbocycles. The van der Waals surface area contributed by atoms with Crippen LogP contribution in [-0.2, 0) is 0 Å². The normalized spacial score (nSPS) is 7.67. The predicted octanol–water partition coefficient (Wildman–Crippen LogP) is -2.13. The Bertz CT molecular complexity index is 156.